The zero-order valence-electron chi connectivity index (χ0n) is 20.0. The summed E-state index contributed by atoms with van der Waals surface area (Å²) in [7, 11) is 0. The number of hydrogen-bond donors (Lipinski definition) is 1. The Labute approximate surface area is 189 Å². The number of hydrogen-bond acceptors (Lipinski definition) is 5. The summed E-state index contributed by atoms with van der Waals surface area (Å²) in [6.07, 6.45) is 8.20. The largest absolute Gasteiger partial charge is 0.463 e. The third kappa shape index (κ3) is 6.81. The maximum absolute atomic E-state index is 13.1. The molecule has 1 aliphatic rings. The van der Waals surface area contributed by atoms with Gasteiger partial charge in [0.25, 0.3) is 0 Å². The predicted octanol–water partition coefficient (Wildman–Crippen LogP) is 5.62. The summed E-state index contributed by atoms with van der Waals surface area (Å²) in [4.78, 5) is 17.2. The number of unbranched alkanes of at least 4 members (excludes halogenated alkanes) is 6. The predicted molar refractivity (Wildman–Crippen MR) is 126 cm³/mol. The number of allylic oxidation sites excluding steroid dienone is 1. The lowest BCUT2D eigenvalue weighted by Gasteiger charge is -2.47. The third-order valence-corrected chi connectivity index (χ3v) is 6.13. The van der Waals surface area contributed by atoms with Gasteiger partial charge < -0.3 is 14.7 Å². The summed E-state index contributed by atoms with van der Waals surface area (Å²) in [5.41, 5.74) is 2.51. The van der Waals surface area contributed by atoms with E-state index in [1.165, 1.54) is 25.7 Å². The Balaban J connectivity index is 2.43. The van der Waals surface area contributed by atoms with Crippen molar-refractivity contribution in [1.82, 2.24) is 9.80 Å². The van der Waals surface area contributed by atoms with Crippen molar-refractivity contribution in [2.45, 2.75) is 91.5 Å². The number of nitrogens with zero attached hydrogens (tertiary/aromatic N) is 2. The summed E-state index contributed by atoms with van der Waals surface area (Å²) in [5, 5.41) is 11.4. The van der Waals surface area contributed by atoms with Crippen molar-refractivity contribution in [3.05, 3.63) is 47.2 Å². The number of aliphatic hydroxyl groups is 1. The normalized spacial score (nSPS) is 19.7. The topological polar surface area (TPSA) is 53.0 Å². The van der Waals surface area contributed by atoms with Gasteiger partial charge in [0.1, 0.15) is 0 Å². The second-order valence-electron chi connectivity index (χ2n) is 8.43. The van der Waals surface area contributed by atoms with Gasteiger partial charge in [-0.2, -0.15) is 0 Å². The van der Waals surface area contributed by atoms with Crippen molar-refractivity contribution >= 4 is 5.97 Å². The third-order valence-electron chi connectivity index (χ3n) is 6.13. The first-order valence-corrected chi connectivity index (χ1v) is 12.2. The van der Waals surface area contributed by atoms with E-state index in [-0.39, 0.29) is 12.0 Å². The van der Waals surface area contributed by atoms with Crippen molar-refractivity contribution in [2.24, 2.45) is 0 Å². The minimum absolute atomic E-state index is 0.280. The molecule has 1 heterocycles. The fourth-order valence-electron chi connectivity index (χ4n) is 4.42. The molecule has 0 radical (unpaired) electrons. The van der Waals surface area contributed by atoms with Crippen LogP contribution in [0.2, 0.25) is 0 Å². The molecular formula is C26H42N2O3. The number of aliphatic hydroxyl groups excluding tert-OH is 1. The molecule has 2 unspecified atom stereocenters. The molecule has 0 fully saturated rings. The van der Waals surface area contributed by atoms with Gasteiger partial charge in [0.05, 0.1) is 18.2 Å². The smallest absolute Gasteiger partial charge is 0.337 e. The van der Waals surface area contributed by atoms with E-state index in [0.717, 1.165) is 50.0 Å². The first kappa shape index (κ1) is 25.4. The zero-order valence-corrected chi connectivity index (χ0v) is 20.0. The molecule has 31 heavy (non-hydrogen) atoms. The van der Waals surface area contributed by atoms with Gasteiger partial charge in [-0.15, -0.1) is 0 Å². The van der Waals surface area contributed by atoms with Crippen LogP contribution in [0.1, 0.15) is 90.7 Å². The number of carbonyl (C=O) groups excluding carboxylic acids is 1. The molecule has 0 spiro atoms. The molecule has 1 aromatic rings. The van der Waals surface area contributed by atoms with Crippen LogP contribution in [0, 0.1) is 0 Å². The van der Waals surface area contributed by atoms with Crippen LogP contribution in [-0.2, 0) is 9.53 Å². The SMILES string of the molecule is CCCCCCN1C(C)=C(C(=O)OCC)C(c2ccccc2)N(CCCCCC)C1O. The van der Waals surface area contributed by atoms with Gasteiger partial charge in [0, 0.05) is 18.8 Å². The van der Waals surface area contributed by atoms with E-state index in [1.54, 1.807) is 0 Å². The average molecular weight is 431 g/mol. The van der Waals surface area contributed by atoms with Gasteiger partial charge in [0.2, 0.25) is 0 Å². The molecule has 1 aromatic carbocycles. The van der Waals surface area contributed by atoms with E-state index in [9.17, 15) is 9.90 Å². The van der Waals surface area contributed by atoms with Crippen LogP contribution in [0.15, 0.2) is 41.6 Å². The van der Waals surface area contributed by atoms with Crippen LogP contribution in [0.4, 0.5) is 0 Å². The molecular weight excluding hydrogens is 388 g/mol. The molecule has 0 amide bonds. The average Bonchev–Trinajstić information content (AvgIpc) is 2.77. The standard InChI is InChI=1S/C26H42N2O3/c1-5-8-10-15-19-27-21(4)23(25(29)31-7-3)24(22-17-13-12-14-18-22)28(26(27)30)20-16-11-9-6-2/h12-14,17-18,24,26,30H,5-11,15-16,19-20H2,1-4H3. The molecule has 1 aliphatic heterocycles. The van der Waals surface area contributed by atoms with Gasteiger partial charge >= 0.3 is 5.97 Å². The first-order valence-electron chi connectivity index (χ1n) is 12.2. The van der Waals surface area contributed by atoms with Crippen molar-refractivity contribution in [1.29, 1.82) is 0 Å². The Hall–Kier alpha value is -1.85. The number of esters is 1. The molecule has 0 aliphatic carbocycles. The minimum Gasteiger partial charge on any atom is -0.463 e. The van der Waals surface area contributed by atoms with Gasteiger partial charge in [-0.1, -0.05) is 82.7 Å². The van der Waals surface area contributed by atoms with Crippen molar-refractivity contribution < 1.29 is 14.6 Å². The second kappa shape index (κ2) is 13.5. The van der Waals surface area contributed by atoms with Crippen LogP contribution in [0.5, 0.6) is 0 Å². The van der Waals surface area contributed by atoms with Crippen LogP contribution in [-0.4, -0.2) is 46.9 Å². The number of ether oxygens (including phenoxy) is 1. The fourth-order valence-corrected chi connectivity index (χ4v) is 4.42. The molecule has 0 saturated heterocycles. The van der Waals surface area contributed by atoms with Crippen LogP contribution in [0.3, 0.4) is 0 Å². The van der Waals surface area contributed by atoms with Gasteiger partial charge in [-0.25, -0.2) is 9.69 Å². The Morgan fingerprint density at radius 1 is 0.935 bits per heavy atom. The Bertz CT molecular complexity index is 689. The molecule has 2 rings (SSSR count). The molecule has 0 aromatic heterocycles. The summed E-state index contributed by atoms with van der Waals surface area (Å²) in [6, 6.07) is 9.75. The summed E-state index contributed by atoms with van der Waals surface area (Å²) in [6.45, 7) is 10.0. The van der Waals surface area contributed by atoms with E-state index in [0.29, 0.717) is 12.2 Å². The van der Waals surface area contributed by atoms with E-state index < -0.39 is 6.35 Å². The summed E-state index contributed by atoms with van der Waals surface area (Å²) in [5.74, 6) is -0.280. The lowest BCUT2D eigenvalue weighted by molar-refractivity contribution is -0.148. The highest BCUT2D eigenvalue weighted by Gasteiger charge is 2.42. The van der Waals surface area contributed by atoms with Gasteiger partial charge in [0.15, 0.2) is 6.35 Å². The first-order chi connectivity index (χ1) is 15.1. The highest BCUT2D eigenvalue weighted by atomic mass is 16.5. The lowest BCUT2D eigenvalue weighted by Crippen LogP contribution is -2.55. The minimum atomic E-state index is -0.744. The molecule has 1 N–H and O–H groups in total. The number of carbonyl (C=O) groups is 1. The van der Waals surface area contributed by atoms with Crippen LogP contribution >= 0.6 is 0 Å². The summed E-state index contributed by atoms with van der Waals surface area (Å²) < 4.78 is 5.49. The number of rotatable bonds is 13. The Morgan fingerprint density at radius 3 is 2.13 bits per heavy atom. The van der Waals surface area contributed by atoms with E-state index in [2.05, 4.69) is 18.7 Å². The molecule has 0 bridgehead atoms. The van der Waals surface area contributed by atoms with Gasteiger partial charge in [-0.3, -0.25) is 0 Å². The quantitative estimate of drug-likeness (QED) is 0.325. The Kier molecular flexibility index (Phi) is 11.1. The highest BCUT2D eigenvalue weighted by molar-refractivity contribution is 5.91. The van der Waals surface area contributed by atoms with Crippen molar-refractivity contribution in [3.8, 4) is 0 Å². The van der Waals surface area contributed by atoms with E-state index >= 15 is 0 Å². The van der Waals surface area contributed by atoms with E-state index in [1.807, 2.05) is 49.1 Å². The fraction of sp³-hybridized carbons (Fsp3) is 0.654. The molecule has 5 heteroatoms. The maximum Gasteiger partial charge on any atom is 0.337 e. The lowest BCUT2D eigenvalue weighted by atomic mass is 9.92. The second-order valence-corrected chi connectivity index (χ2v) is 8.43. The van der Waals surface area contributed by atoms with Gasteiger partial charge in [-0.05, 0) is 32.3 Å². The molecule has 174 valence electrons. The maximum atomic E-state index is 13.1. The van der Waals surface area contributed by atoms with Crippen molar-refractivity contribution in [2.75, 3.05) is 19.7 Å². The summed E-state index contributed by atoms with van der Waals surface area (Å²) >= 11 is 0. The molecule has 2 atom stereocenters. The van der Waals surface area contributed by atoms with Crippen LogP contribution < -0.4 is 0 Å². The zero-order chi connectivity index (χ0) is 22.6. The van der Waals surface area contributed by atoms with Crippen LogP contribution in [0.25, 0.3) is 0 Å². The molecule has 0 saturated carbocycles. The number of benzene rings is 1. The monoisotopic (exact) mass is 430 g/mol. The van der Waals surface area contributed by atoms with E-state index in [4.69, 9.17) is 4.74 Å². The Morgan fingerprint density at radius 2 is 1.55 bits per heavy atom. The van der Waals surface area contributed by atoms with Crippen molar-refractivity contribution in [3.63, 3.8) is 0 Å². The highest BCUT2D eigenvalue weighted by Crippen LogP contribution is 2.39. The molecule has 5 nitrogen and oxygen atoms in total.